The number of hydrogen-bond donors (Lipinski definition) is 5. The number of amides is 1. The summed E-state index contributed by atoms with van der Waals surface area (Å²) >= 11 is 0. The zero-order valence-corrected chi connectivity index (χ0v) is 47.5. The predicted octanol–water partition coefficient (Wildman–Crippen LogP) is 7.94. The molecule has 14 atom stereocenters. The number of hydrogen-bond acceptors (Lipinski definition) is 12. The van der Waals surface area contributed by atoms with Crippen molar-refractivity contribution in [2.45, 2.75) is 218 Å². The first-order valence-electron chi connectivity index (χ1n) is 28.0. The Balaban J connectivity index is 1.16. The first kappa shape index (κ1) is 61.5. The maximum absolute atomic E-state index is 14.3. The van der Waals surface area contributed by atoms with Gasteiger partial charge in [-0.2, -0.15) is 0 Å². The molecule has 5 N–H and O–H groups in total. The summed E-state index contributed by atoms with van der Waals surface area (Å²) in [5.41, 5.74) is -2.42. The largest absolute Gasteiger partial charge is 0.459 e. The van der Waals surface area contributed by atoms with Gasteiger partial charge in [-0.1, -0.05) is 115 Å². The van der Waals surface area contributed by atoms with Crippen molar-refractivity contribution >= 4 is 35.2 Å². The number of unbranched alkanes of at least 4 members (excludes halogenated alkanes) is 10. The average Bonchev–Trinajstić information content (AvgIpc) is 3.38. The van der Waals surface area contributed by atoms with Crippen LogP contribution in [0.2, 0.25) is 0 Å². The Kier molecular flexibility index (Phi) is 24.0. The third kappa shape index (κ3) is 15.9. The number of rotatable bonds is 21. The number of nitrogens with zero attached hydrogens (tertiary/aromatic N) is 3. The minimum absolute atomic E-state index is 0.0973. The van der Waals surface area contributed by atoms with Crippen molar-refractivity contribution in [3.05, 3.63) is 85.1 Å². The Morgan fingerprint density at radius 2 is 1.32 bits per heavy atom. The minimum Gasteiger partial charge on any atom is -0.459 e. The molecule has 13 nitrogen and oxygen atoms in total. The molecule has 0 radical (unpaired) electrons. The lowest BCUT2D eigenvalue weighted by Crippen LogP contribution is -2.60. The van der Waals surface area contributed by atoms with E-state index in [0.29, 0.717) is 12.8 Å². The summed E-state index contributed by atoms with van der Waals surface area (Å²) in [6.45, 7) is 13.6. The molecule has 2 saturated heterocycles. The van der Waals surface area contributed by atoms with Crippen LogP contribution in [0.25, 0.3) is 0 Å². The lowest BCUT2D eigenvalue weighted by molar-refractivity contribution is -0.299. The van der Waals surface area contributed by atoms with E-state index in [1.807, 2.05) is 45.1 Å². The molecule has 2 aliphatic heterocycles. The maximum atomic E-state index is 14.3. The van der Waals surface area contributed by atoms with E-state index >= 15 is 0 Å². The normalized spacial score (nSPS) is 31.9. The second-order valence-electron chi connectivity index (χ2n) is 22.8. The van der Waals surface area contributed by atoms with Gasteiger partial charge in [-0.25, -0.2) is 4.98 Å². The van der Waals surface area contributed by atoms with E-state index in [1.54, 1.807) is 32.6 Å². The lowest BCUT2D eigenvalue weighted by Gasteiger charge is -2.46. The Morgan fingerprint density at radius 3 is 1.85 bits per heavy atom. The van der Waals surface area contributed by atoms with Gasteiger partial charge in [0.2, 0.25) is 5.91 Å². The highest BCUT2D eigenvalue weighted by molar-refractivity contribution is 7.95. The number of pyridine rings is 1. The van der Waals surface area contributed by atoms with Gasteiger partial charge in [-0.3, -0.25) is 9.59 Å². The Labute approximate surface area is 445 Å². The predicted molar refractivity (Wildman–Crippen MR) is 297 cm³/mol. The average molecular weight is 1050 g/mol. The van der Waals surface area contributed by atoms with Crippen LogP contribution in [-0.2, 0) is 23.8 Å². The van der Waals surface area contributed by atoms with Crippen LogP contribution in [0.15, 0.2) is 85.1 Å². The Morgan fingerprint density at radius 1 is 0.784 bits per heavy atom. The van der Waals surface area contributed by atoms with Crippen molar-refractivity contribution < 1.29 is 49.3 Å². The smallest absolute Gasteiger partial charge is 0.311 e. The molecule has 414 valence electrons. The number of aromatic nitrogens is 1. The number of ether oxygens (including phenoxy) is 3. The highest BCUT2D eigenvalue weighted by atomic mass is 31.2. The van der Waals surface area contributed by atoms with E-state index in [0.717, 1.165) is 38.3 Å². The van der Waals surface area contributed by atoms with E-state index in [9.17, 15) is 35.1 Å². The summed E-state index contributed by atoms with van der Waals surface area (Å²) < 4.78 is 18.6. The van der Waals surface area contributed by atoms with E-state index in [4.69, 9.17) is 19.2 Å². The highest BCUT2D eigenvalue weighted by Crippen LogP contribution is 2.55. The van der Waals surface area contributed by atoms with E-state index in [1.165, 1.54) is 62.0 Å². The molecule has 0 aliphatic carbocycles. The van der Waals surface area contributed by atoms with Crippen LogP contribution in [0.3, 0.4) is 0 Å². The lowest BCUT2D eigenvalue weighted by atomic mass is 9.78. The van der Waals surface area contributed by atoms with Crippen LogP contribution in [0, 0.1) is 17.8 Å². The summed E-state index contributed by atoms with van der Waals surface area (Å²) in [6, 6.07) is 27.1. The molecule has 3 heterocycles. The molecule has 1 amide bonds. The molecular weight excluding hydrogens is 954 g/mol. The van der Waals surface area contributed by atoms with Gasteiger partial charge in [0.15, 0.2) is 11.7 Å². The zero-order chi connectivity index (χ0) is 54.2. The summed E-state index contributed by atoms with van der Waals surface area (Å²) in [6.07, 6.45) is 8.39. The van der Waals surface area contributed by atoms with Gasteiger partial charge in [0.05, 0.1) is 42.0 Å². The number of aliphatic hydroxyl groups is 5. The third-order valence-electron chi connectivity index (χ3n) is 16.3. The molecule has 0 spiro atoms. The third-order valence-corrected chi connectivity index (χ3v) is 20.7. The van der Waals surface area contributed by atoms with E-state index in [2.05, 4.69) is 72.8 Å². The van der Waals surface area contributed by atoms with Crippen LogP contribution in [0.4, 0.5) is 0 Å². The van der Waals surface area contributed by atoms with Crippen molar-refractivity contribution in [2.75, 3.05) is 26.8 Å². The van der Waals surface area contributed by atoms with Crippen molar-refractivity contribution in [3.8, 4) is 0 Å². The van der Waals surface area contributed by atoms with Crippen LogP contribution < -0.4 is 16.0 Å². The number of esters is 1. The summed E-state index contributed by atoms with van der Waals surface area (Å²) in [5.74, 6) is -3.32. The van der Waals surface area contributed by atoms with Gasteiger partial charge >= 0.3 is 5.97 Å². The quantitative estimate of drug-likeness (QED) is 0.0395. The van der Waals surface area contributed by atoms with Gasteiger partial charge in [-0.15, -0.1) is 0 Å². The second-order valence-corrected chi connectivity index (χ2v) is 26.3. The van der Waals surface area contributed by atoms with Crippen LogP contribution in [0.1, 0.15) is 152 Å². The Bertz CT molecular complexity index is 2000. The number of benzene rings is 2. The first-order valence-corrected chi connectivity index (χ1v) is 30.0. The molecule has 2 aliphatic rings. The zero-order valence-electron chi connectivity index (χ0n) is 46.6. The molecule has 5 rings (SSSR count). The summed E-state index contributed by atoms with van der Waals surface area (Å²) in [7, 11) is 1.83. The van der Waals surface area contributed by atoms with E-state index < -0.39 is 79.1 Å². The number of carbonyl (C=O) groups excluding carboxylic acids is 2. The molecule has 3 aromatic rings. The monoisotopic (exact) mass is 1050 g/mol. The number of aliphatic hydroxyl groups excluding tert-OH is 3. The molecule has 74 heavy (non-hydrogen) atoms. The molecule has 0 saturated carbocycles. The maximum Gasteiger partial charge on any atom is 0.311 e. The number of carbonyl (C=O) groups is 2. The van der Waals surface area contributed by atoms with Gasteiger partial charge in [0.25, 0.3) is 0 Å². The minimum atomic E-state index is -1.95. The Hall–Kier alpha value is -3.36. The molecule has 0 unspecified atom stereocenters. The summed E-state index contributed by atoms with van der Waals surface area (Å²) in [5, 5.41) is 62.3. The standard InChI is InChI=1S/C60H95N3O10P/c1-11-50-60(8,70)55(67)46(6)63(41-42(2)40-59(7,69)56(44(4)53(65)45(5)57(68)72-50)73-58-54(66)49(62(9)10)39-43(3)71-58)52(64)36-27-19-17-15-13-12-14-16-18-20-30-38-74(47-31-23-21-24-32-47,48-33-25-22-26-34-48)51-35-28-29-37-61-51/h21-26,28-29,31-35,37,42-46,49-50,53-56,58,65-67,69-70H,11-20,27,30,36,38-41H2,1-10H3/q+1/t42-,43-,44+,45-,46-,49+,50-,53+,54-,55-,56-,58+,59-,60-/m1/s1. The van der Waals surface area contributed by atoms with Crippen LogP contribution in [-0.4, -0.2) is 145 Å². The number of likely N-dealkylation sites (N-methyl/N-ethyl adjacent to an activating group) is 1. The highest BCUT2D eigenvalue weighted by Gasteiger charge is 2.51. The summed E-state index contributed by atoms with van der Waals surface area (Å²) in [4.78, 5) is 36.6. The van der Waals surface area contributed by atoms with Gasteiger partial charge in [-0.05, 0) is 123 Å². The van der Waals surface area contributed by atoms with Gasteiger partial charge in [0.1, 0.15) is 41.8 Å². The van der Waals surface area contributed by atoms with Crippen molar-refractivity contribution in [1.82, 2.24) is 14.8 Å². The SMILES string of the molecule is CC[C@H]1OC(=O)[C@H](C)[C@@H](O)[C@H](C)[C@@H](O[C@@H]2O[C@H](C)C[C@H](N(C)C)[C@H]2O)[C@](C)(O)C[C@@H](C)CN(C(=O)CCCCCCCCCCCCC[P+](c2ccccc2)(c2ccccc2)c2ccccn2)[C@H](C)[C@@H](O)[C@]1(C)O. The fourth-order valence-corrected chi connectivity index (χ4v) is 16.2. The molecular formula is C60H95N3O10P+. The molecule has 1 aromatic heterocycles. The molecule has 14 heteroatoms. The fraction of sp³-hybridized carbons (Fsp3) is 0.683. The second kappa shape index (κ2) is 28.9. The topological polar surface area (TPSA) is 182 Å². The fourth-order valence-electron chi connectivity index (χ4n) is 11.9. The van der Waals surface area contributed by atoms with Crippen LogP contribution >= 0.6 is 7.26 Å². The van der Waals surface area contributed by atoms with Crippen molar-refractivity contribution in [2.24, 2.45) is 17.8 Å². The molecule has 0 bridgehead atoms. The van der Waals surface area contributed by atoms with Crippen molar-refractivity contribution in [3.63, 3.8) is 0 Å². The van der Waals surface area contributed by atoms with Crippen LogP contribution in [0.5, 0.6) is 0 Å². The molecule has 2 aromatic carbocycles. The van der Waals surface area contributed by atoms with Gasteiger partial charge in [0, 0.05) is 37.2 Å². The first-order chi connectivity index (χ1) is 35.2. The molecule has 2 fully saturated rings. The van der Waals surface area contributed by atoms with Gasteiger partial charge < -0.3 is 49.5 Å². The van der Waals surface area contributed by atoms with E-state index in [-0.39, 0.29) is 49.8 Å². The number of cyclic esters (lactones) is 1. The van der Waals surface area contributed by atoms with Crippen molar-refractivity contribution in [1.29, 1.82) is 0 Å².